The Labute approximate surface area is 107 Å². The topological polar surface area (TPSA) is 115 Å². The highest BCUT2D eigenvalue weighted by Gasteiger charge is 2.09. The van der Waals surface area contributed by atoms with Gasteiger partial charge in [0.05, 0.1) is 0 Å². The van der Waals surface area contributed by atoms with Gasteiger partial charge in [0.1, 0.15) is 0 Å². The smallest absolute Gasteiger partial charge is 0.274 e. The Hall–Kier alpha value is -2.83. The van der Waals surface area contributed by atoms with Gasteiger partial charge in [-0.25, -0.2) is 4.98 Å². The summed E-state index contributed by atoms with van der Waals surface area (Å²) in [6.45, 7) is 1.74. The van der Waals surface area contributed by atoms with E-state index >= 15 is 0 Å². The Morgan fingerprint density at radius 1 is 1.11 bits per heavy atom. The van der Waals surface area contributed by atoms with Crippen molar-refractivity contribution in [1.82, 2.24) is 19.6 Å². The number of rotatable bonds is 1. The summed E-state index contributed by atoms with van der Waals surface area (Å²) in [5.41, 5.74) is 13.7. The van der Waals surface area contributed by atoms with Gasteiger partial charge < -0.3 is 11.5 Å². The molecule has 1 aromatic carbocycles. The molecule has 0 aliphatic rings. The van der Waals surface area contributed by atoms with E-state index in [9.17, 15) is 4.79 Å². The van der Waals surface area contributed by atoms with E-state index in [1.165, 1.54) is 10.6 Å². The van der Waals surface area contributed by atoms with E-state index in [2.05, 4.69) is 15.1 Å². The molecule has 0 saturated carbocycles. The maximum Gasteiger partial charge on any atom is 0.274 e. The fourth-order valence-corrected chi connectivity index (χ4v) is 1.94. The third kappa shape index (κ3) is 1.90. The summed E-state index contributed by atoms with van der Waals surface area (Å²) < 4.78 is 1.28. The maximum atomic E-state index is 11.8. The normalized spacial score (nSPS) is 11.0. The molecule has 0 saturated heterocycles. The first-order chi connectivity index (χ1) is 9.02. The van der Waals surface area contributed by atoms with Crippen molar-refractivity contribution in [1.29, 1.82) is 0 Å². The molecule has 96 valence electrons. The zero-order chi connectivity index (χ0) is 13.6. The molecule has 0 aliphatic carbocycles. The van der Waals surface area contributed by atoms with Crippen molar-refractivity contribution in [3.8, 4) is 11.4 Å². The van der Waals surface area contributed by atoms with Crippen molar-refractivity contribution >= 4 is 17.2 Å². The first-order valence-electron chi connectivity index (χ1n) is 5.66. The Kier molecular flexibility index (Phi) is 2.28. The lowest BCUT2D eigenvalue weighted by Gasteiger charge is -2.00. The average Bonchev–Trinajstić information content (AvgIpc) is 2.71. The second-order valence-electron chi connectivity index (χ2n) is 4.33. The van der Waals surface area contributed by atoms with Gasteiger partial charge in [-0.15, -0.1) is 0 Å². The number of benzene rings is 1. The van der Waals surface area contributed by atoms with Gasteiger partial charge >= 0.3 is 0 Å². The number of hydrogen-bond acceptors (Lipinski definition) is 5. The van der Waals surface area contributed by atoms with Gasteiger partial charge in [-0.1, -0.05) is 0 Å². The average molecular weight is 256 g/mol. The molecule has 0 aliphatic heterocycles. The van der Waals surface area contributed by atoms with Gasteiger partial charge in [-0.2, -0.15) is 9.50 Å². The Bertz CT molecular complexity index is 812. The molecule has 0 radical (unpaired) electrons. The number of hydrogen-bond donors (Lipinski definition) is 3. The number of aromatic nitrogens is 4. The Morgan fingerprint density at radius 3 is 2.47 bits per heavy atom. The third-order valence-corrected chi connectivity index (χ3v) is 2.71. The molecule has 0 amide bonds. The molecule has 7 heteroatoms. The van der Waals surface area contributed by atoms with Crippen molar-refractivity contribution in [2.24, 2.45) is 0 Å². The van der Waals surface area contributed by atoms with Crippen LogP contribution in [0, 0.1) is 6.92 Å². The van der Waals surface area contributed by atoms with Crippen molar-refractivity contribution in [3.05, 3.63) is 40.3 Å². The molecule has 7 nitrogen and oxygen atoms in total. The number of nitrogens with one attached hydrogen (secondary N) is 1. The summed E-state index contributed by atoms with van der Waals surface area (Å²) in [5, 5.41) is 2.88. The van der Waals surface area contributed by atoms with Crippen LogP contribution in [0.15, 0.2) is 29.1 Å². The SMILES string of the molecule is Cc1cc(=O)n2[nH]c(-c3cc(N)cc(N)c3)nc2n1. The first-order valence-corrected chi connectivity index (χ1v) is 5.66. The number of fused-ring (bicyclic) bond motifs is 1. The minimum atomic E-state index is -0.210. The quantitative estimate of drug-likeness (QED) is 0.550. The molecule has 19 heavy (non-hydrogen) atoms. The van der Waals surface area contributed by atoms with Crippen LogP contribution in [0.5, 0.6) is 0 Å². The molecule has 3 aromatic rings. The molecule has 0 fully saturated rings. The van der Waals surface area contributed by atoms with Gasteiger partial charge in [0.25, 0.3) is 11.3 Å². The fraction of sp³-hybridized carbons (Fsp3) is 0.0833. The third-order valence-electron chi connectivity index (χ3n) is 2.71. The van der Waals surface area contributed by atoms with Crippen molar-refractivity contribution in [3.63, 3.8) is 0 Å². The highest BCUT2D eigenvalue weighted by atomic mass is 16.1. The number of nitrogens with two attached hydrogens (primary N) is 2. The molecule has 2 aromatic heterocycles. The second-order valence-corrected chi connectivity index (χ2v) is 4.33. The van der Waals surface area contributed by atoms with Gasteiger partial charge in [0.15, 0.2) is 5.82 Å². The Morgan fingerprint density at radius 2 is 1.79 bits per heavy atom. The molecule has 0 bridgehead atoms. The van der Waals surface area contributed by atoms with Crippen LogP contribution in [-0.4, -0.2) is 19.6 Å². The van der Waals surface area contributed by atoms with Crippen LogP contribution < -0.4 is 17.0 Å². The number of nitrogen functional groups attached to an aromatic ring is 2. The zero-order valence-electron chi connectivity index (χ0n) is 10.2. The van der Waals surface area contributed by atoms with Gasteiger partial charge in [-0.05, 0) is 25.1 Å². The molecular weight excluding hydrogens is 244 g/mol. The van der Waals surface area contributed by atoms with E-state index in [-0.39, 0.29) is 5.56 Å². The van der Waals surface area contributed by atoms with Crippen LogP contribution in [-0.2, 0) is 0 Å². The van der Waals surface area contributed by atoms with Crippen LogP contribution >= 0.6 is 0 Å². The van der Waals surface area contributed by atoms with E-state index in [0.717, 1.165) is 0 Å². The lowest BCUT2D eigenvalue weighted by atomic mass is 10.1. The summed E-state index contributed by atoms with van der Waals surface area (Å²) in [6.07, 6.45) is 0. The van der Waals surface area contributed by atoms with Gasteiger partial charge in [0, 0.05) is 28.7 Å². The van der Waals surface area contributed by atoms with Crippen LogP contribution in [0.2, 0.25) is 0 Å². The van der Waals surface area contributed by atoms with E-state index in [0.29, 0.717) is 34.2 Å². The van der Waals surface area contributed by atoms with Crippen molar-refractivity contribution < 1.29 is 0 Å². The molecular formula is C12H12N6O. The summed E-state index contributed by atoms with van der Waals surface area (Å²) in [6, 6.07) is 6.54. The summed E-state index contributed by atoms with van der Waals surface area (Å²) in [7, 11) is 0. The number of anilines is 2. The van der Waals surface area contributed by atoms with E-state index in [1.807, 2.05) is 0 Å². The zero-order valence-corrected chi connectivity index (χ0v) is 10.2. The number of aromatic amines is 1. The predicted octanol–water partition coefficient (Wildman–Crippen LogP) is 0.557. The summed E-state index contributed by atoms with van der Waals surface area (Å²) in [4.78, 5) is 20.2. The molecule has 5 N–H and O–H groups in total. The van der Waals surface area contributed by atoms with E-state index < -0.39 is 0 Å². The lowest BCUT2D eigenvalue weighted by molar-refractivity contribution is 0.892. The second kappa shape index (κ2) is 3.84. The molecule has 0 atom stereocenters. The molecule has 3 rings (SSSR count). The first kappa shape index (κ1) is 11.3. The standard InChI is InChI=1S/C12H12N6O/c1-6-2-10(19)18-12(15-6)16-11(17-18)7-3-8(13)5-9(14)4-7/h2-5H,13-14H2,1H3,(H,15,16,17). The summed E-state index contributed by atoms with van der Waals surface area (Å²) >= 11 is 0. The lowest BCUT2D eigenvalue weighted by Crippen LogP contribution is -2.14. The minimum Gasteiger partial charge on any atom is -0.399 e. The van der Waals surface area contributed by atoms with Gasteiger partial charge in [-0.3, -0.25) is 9.89 Å². The van der Waals surface area contributed by atoms with Crippen LogP contribution in [0.3, 0.4) is 0 Å². The van der Waals surface area contributed by atoms with E-state index in [4.69, 9.17) is 11.5 Å². The highest BCUT2D eigenvalue weighted by Crippen LogP contribution is 2.21. The van der Waals surface area contributed by atoms with Crippen LogP contribution in [0.4, 0.5) is 11.4 Å². The van der Waals surface area contributed by atoms with Crippen molar-refractivity contribution in [2.45, 2.75) is 6.92 Å². The minimum absolute atomic E-state index is 0.210. The van der Waals surface area contributed by atoms with Crippen LogP contribution in [0.25, 0.3) is 17.2 Å². The number of H-pyrrole nitrogens is 1. The fourth-order valence-electron chi connectivity index (χ4n) is 1.94. The molecule has 0 spiro atoms. The molecule has 2 heterocycles. The monoisotopic (exact) mass is 256 g/mol. The Balaban J connectivity index is 2.26. The number of aryl methyl sites for hydroxylation is 1. The van der Waals surface area contributed by atoms with Gasteiger partial charge in [0.2, 0.25) is 0 Å². The molecule has 0 unspecified atom stereocenters. The van der Waals surface area contributed by atoms with E-state index in [1.54, 1.807) is 25.1 Å². The number of nitrogens with zero attached hydrogens (tertiary/aromatic N) is 3. The highest BCUT2D eigenvalue weighted by molar-refractivity contribution is 5.68. The summed E-state index contributed by atoms with van der Waals surface area (Å²) in [5.74, 6) is 0.815. The predicted molar refractivity (Wildman–Crippen MR) is 72.6 cm³/mol. The van der Waals surface area contributed by atoms with Crippen LogP contribution in [0.1, 0.15) is 5.69 Å². The maximum absolute atomic E-state index is 11.8. The largest absolute Gasteiger partial charge is 0.399 e. The van der Waals surface area contributed by atoms with Crippen molar-refractivity contribution in [2.75, 3.05) is 11.5 Å².